The second-order valence-corrected chi connectivity index (χ2v) is 11.2. The number of amides is 1. The van der Waals surface area contributed by atoms with Gasteiger partial charge < -0.3 is 9.64 Å². The molecule has 2 heterocycles. The van der Waals surface area contributed by atoms with Gasteiger partial charge in [0.15, 0.2) is 0 Å². The van der Waals surface area contributed by atoms with Crippen molar-refractivity contribution in [1.29, 1.82) is 0 Å². The molecule has 2 aliphatic rings. The fraction of sp³-hybridized carbons (Fsp3) is 0.381. The molecule has 1 N–H and O–H groups in total. The van der Waals surface area contributed by atoms with E-state index in [0.29, 0.717) is 9.99 Å². The Morgan fingerprint density at radius 2 is 1.69 bits per heavy atom. The molecule has 0 unspecified atom stereocenters. The van der Waals surface area contributed by atoms with E-state index >= 15 is 0 Å². The van der Waals surface area contributed by atoms with E-state index in [0.717, 1.165) is 37.7 Å². The third-order valence-electron chi connectivity index (χ3n) is 5.42. The van der Waals surface area contributed by atoms with Gasteiger partial charge in [-0.3, -0.25) is 9.52 Å². The van der Waals surface area contributed by atoms with Crippen LogP contribution in [0.1, 0.15) is 26.2 Å². The zero-order chi connectivity index (χ0) is 22.9. The molecule has 0 spiro atoms. The number of benzene rings is 2. The summed E-state index contributed by atoms with van der Waals surface area (Å²) in [6.45, 7) is 3.89. The molecule has 0 bridgehead atoms. The molecule has 11 heteroatoms. The molecule has 0 atom stereocenters. The molecule has 2 saturated heterocycles. The highest BCUT2D eigenvalue weighted by Crippen LogP contribution is 2.34. The van der Waals surface area contributed by atoms with Crippen molar-refractivity contribution in [1.82, 2.24) is 0 Å². The van der Waals surface area contributed by atoms with E-state index in [-0.39, 0.29) is 35.1 Å². The monoisotopic (exact) mass is 479 g/mol. The molecule has 0 radical (unpaired) electrons. The lowest BCUT2D eigenvalue weighted by Gasteiger charge is -2.19. The Kier molecular flexibility index (Phi) is 6.04. The predicted octanol–water partition coefficient (Wildman–Crippen LogP) is 2.55. The number of carbonyl (C=O) groups excluding carboxylic acids is 1. The minimum Gasteiger partial charge on any atom is -0.492 e. The Labute approximate surface area is 188 Å². The first-order valence-electron chi connectivity index (χ1n) is 10.4. The van der Waals surface area contributed by atoms with Crippen molar-refractivity contribution >= 4 is 43.0 Å². The standard InChI is InChI=1S/C21H25N3O6S2/c1-2-30-19-10-9-18(24-21(25)11-14-31(24,26)27)15-20(19)32(28,29)22-16-5-7-17(8-6-16)23-12-3-4-13-23/h5-10,15,22H,2-4,11-14H2,1H3. The van der Waals surface area contributed by atoms with Crippen LogP contribution in [0.2, 0.25) is 0 Å². The van der Waals surface area contributed by atoms with Gasteiger partial charge in [-0.15, -0.1) is 0 Å². The van der Waals surface area contributed by atoms with Crippen LogP contribution in [0.4, 0.5) is 17.1 Å². The molecule has 2 aromatic rings. The van der Waals surface area contributed by atoms with E-state index < -0.39 is 26.0 Å². The summed E-state index contributed by atoms with van der Waals surface area (Å²) in [6, 6.07) is 11.0. The van der Waals surface area contributed by atoms with E-state index in [9.17, 15) is 21.6 Å². The first-order chi connectivity index (χ1) is 15.2. The van der Waals surface area contributed by atoms with Gasteiger partial charge in [-0.1, -0.05) is 0 Å². The van der Waals surface area contributed by atoms with Gasteiger partial charge in [-0.05, 0) is 62.2 Å². The topological polar surface area (TPSA) is 113 Å². The number of rotatable bonds is 7. The maximum Gasteiger partial charge on any atom is 0.265 e. The van der Waals surface area contributed by atoms with Gasteiger partial charge in [-0.25, -0.2) is 21.1 Å². The predicted molar refractivity (Wildman–Crippen MR) is 122 cm³/mol. The fourth-order valence-corrected chi connectivity index (χ4v) is 6.58. The summed E-state index contributed by atoms with van der Waals surface area (Å²) in [5.74, 6) is -0.826. The van der Waals surface area contributed by atoms with Crippen molar-refractivity contribution in [2.75, 3.05) is 39.4 Å². The Morgan fingerprint density at radius 1 is 1.03 bits per heavy atom. The van der Waals surface area contributed by atoms with Crippen molar-refractivity contribution in [2.24, 2.45) is 0 Å². The highest BCUT2D eigenvalue weighted by atomic mass is 32.2. The Bertz CT molecular complexity index is 1220. The lowest BCUT2D eigenvalue weighted by atomic mass is 10.2. The van der Waals surface area contributed by atoms with E-state index in [1.165, 1.54) is 12.1 Å². The third kappa shape index (κ3) is 4.40. The number of sulfonamides is 2. The summed E-state index contributed by atoms with van der Waals surface area (Å²) in [4.78, 5) is 14.1. The van der Waals surface area contributed by atoms with Gasteiger partial charge in [0, 0.05) is 30.9 Å². The fourth-order valence-electron chi connectivity index (χ4n) is 3.90. The first-order valence-corrected chi connectivity index (χ1v) is 13.5. The summed E-state index contributed by atoms with van der Waals surface area (Å²) < 4.78 is 59.6. The van der Waals surface area contributed by atoms with Crippen LogP contribution in [0.3, 0.4) is 0 Å². The molecular formula is C21H25N3O6S2. The Hall–Kier alpha value is -2.79. The zero-order valence-electron chi connectivity index (χ0n) is 17.7. The van der Waals surface area contributed by atoms with Crippen molar-refractivity contribution in [3.05, 3.63) is 42.5 Å². The van der Waals surface area contributed by atoms with Gasteiger partial charge in [0.2, 0.25) is 15.9 Å². The molecule has 9 nitrogen and oxygen atoms in total. The molecule has 0 saturated carbocycles. The second-order valence-electron chi connectivity index (χ2n) is 7.63. The second kappa shape index (κ2) is 8.62. The quantitative estimate of drug-likeness (QED) is 0.649. The highest BCUT2D eigenvalue weighted by molar-refractivity contribution is 7.94. The van der Waals surface area contributed by atoms with Crippen LogP contribution in [0.25, 0.3) is 0 Å². The van der Waals surface area contributed by atoms with E-state index in [1.54, 1.807) is 19.1 Å². The largest absolute Gasteiger partial charge is 0.492 e. The molecular weight excluding hydrogens is 454 g/mol. The first kappa shape index (κ1) is 22.4. The van der Waals surface area contributed by atoms with E-state index in [2.05, 4.69) is 9.62 Å². The van der Waals surface area contributed by atoms with Crippen molar-refractivity contribution < 1.29 is 26.4 Å². The Morgan fingerprint density at radius 3 is 2.28 bits per heavy atom. The van der Waals surface area contributed by atoms with Crippen molar-refractivity contribution in [3.63, 3.8) is 0 Å². The third-order valence-corrected chi connectivity index (χ3v) is 8.51. The number of hydrogen-bond acceptors (Lipinski definition) is 7. The SMILES string of the molecule is CCOc1ccc(N2C(=O)CCS2(=O)=O)cc1S(=O)(=O)Nc1ccc(N2CCCC2)cc1. The summed E-state index contributed by atoms with van der Waals surface area (Å²) in [7, 11) is -7.95. The zero-order valence-corrected chi connectivity index (χ0v) is 19.3. The van der Waals surface area contributed by atoms with Crippen LogP contribution in [0.15, 0.2) is 47.4 Å². The lowest BCUT2D eigenvalue weighted by molar-refractivity contribution is -0.116. The van der Waals surface area contributed by atoms with Crippen LogP contribution in [0, 0.1) is 0 Å². The van der Waals surface area contributed by atoms with Gasteiger partial charge in [0.25, 0.3) is 10.0 Å². The van der Waals surface area contributed by atoms with Crippen LogP contribution >= 0.6 is 0 Å². The van der Waals surface area contributed by atoms with E-state index in [4.69, 9.17) is 4.74 Å². The maximum atomic E-state index is 13.2. The molecule has 172 valence electrons. The lowest BCUT2D eigenvalue weighted by Crippen LogP contribution is -2.29. The van der Waals surface area contributed by atoms with Gasteiger partial charge >= 0.3 is 0 Å². The highest BCUT2D eigenvalue weighted by Gasteiger charge is 2.37. The molecule has 0 aromatic heterocycles. The summed E-state index contributed by atoms with van der Waals surface area (Å²) in [6.07, 6.45) is 2.14. The summed E-state index contributed by atoms with van der Waals surface area (Å²) >= 11 is 0. The molecule has 0 aliphatic carbocycles. The normalized spacial score (nSPS) is 18.2. The minimum atomic E-state index is -4.13. The van der Waals surface area contributed by atoms with Crippen molar-refractivity contribution in [2.45, 2.75) is 31.1 Å². The van der Waals surface area contributed by atoms with Crippen LogP contribution in [-0.2, 0) is 24.8 Å². The van der Waals surface area contributed by atoms with Gasteiger partial charge in [0.05, 0.1) is 18.0 Å². The van der Waals surface area contributed by atoms with Gasteiger partial charge in [0.1, 0.15) is 10.6 Å². The van der Waals surface area contributed by atoms with Crippen LogP contribution in [0.5, 0.6) is 5.75 Å². The minimum absolute atomic E-state index is 0.0271. The molecule has 2 aliphatic heterocycles. The number of hydrogen-bond donors (Lipinski definition) is 1. The van der Waals surface area contributed by atoms with Gasteiger partial charge in [-0.2, -0.15) is 0 Å². The summed E-state index contributed by atoms with van der Waals surface area (Å²) in [5.41, 5.74) is 1.37. The Balaban J connectivity index is 1.66. The number of ether oxygens (including phenoxy) is 1. The average Bonchev–Trinajstić information content (AvgIpc) is 3.37. The molecule has 4 rings (SSSR count). The smallest absolute Gasteiger partial charge is 0.265 e. The molecule has 1 amide bonds. The van der Waals surface area contributed by atoms with Crippen LogP contribution in [-0.4, -0.2) is 48.2 Å². The average molecular weight is 480 g/mol. The maximum absolute atomic E-state index is 13.2. The molecule has 2 aromatic carbocycles. The number of anilines is 3. The number of nitrogens with one attached hydrogen (secondary N) is 1. The van der Waals surface area contributed by atoms with E-state index in [1.807, 2.05) is 12.1 Å². The molecule has 32 heavy (non-hydrogen) atoms. The van der Waals surface area contributed by atoms with Crippen LogP contribution < -0.4 is 18.7 Å². The number of carbonyl (C=O) groups is 1. The number of nitrogens with zero attached hydrogens (tertiary/aromatic N) is 2. The van der Waals surface area contributed by atoms with Crippen molar-refractivity contribution in [3.8, 4) is 5.75 Å². The molecule has 2 fully saturated rings. The summed E-state index contributed by atoms with van der Waals surface area (Å²) in [5, 5.41) is 0.